The molecule has 0 aliphatic carbocycles. The number of benzene rings is 2. The second-order valence-electron chi connectivity index (χ2n) is 4.96. The van der Waals surface area contributed by atoms with Crippen LogP contribution >= 0.6 is 19.3 Å². The van der Waals surface area contributed by atoms with Crippen molar-refractivity contribution in [1.82, 2.24) is 14.5 Å². The lowest BCUT2D eigenvalue weighted by Crippen LogP contribution is -2.18. The van der Waals surface area contributed by atoms with Gasteiger partial charge < -0.3 is 0 Å². The van der Waals surface area contributed by atoms with Crippen molar-refractivity contribution < 1.29 is 0 Å². The summed E-state index contributed by atoms with van der Waals surface area (Å²) in [7, 11) is -0.579. The van der Waals surface area contributed by atoms with Crippen molar-refractivity contribution in [2.75, 3.05) is 0 Å². The predicted octanol–water partition coefficient (Wildman–Crippen LogP) is 3.09. The number of rotatable bonds is 4. The van der Waals surface area contributed by atoms with Crippen LogP contribution in [0, 0.1) is 0 Å². The van der Waals surface area contributed by atoms with E-state index >= 15 is 0 Å². The molecule has 2 aromatic heterocycles. The Balaban J connectivity index is 1.80. The molecule has 2 heterocycles. The number of hydrogen-bond donors (Lipinski definition) is 0. The third kappa shape index (κ3) is 2.96. The predicted molar refractivity (Wildman–Crippen MR) is 97.9 cm³/mol. The Morgan fingerprint density at radius 3 is 2.09 bits per heavy atom. The van der Waals surface area contributed by atoms with Crippen LogP contribution in [0.15, 0.2) is 85.6 Å². The summed E-state index contributed by atoms with van der Waals surface area (Å²) in [5.41, 5.74) is 0. The van der Waals surface area contributed by atoms with Crippen molar-refractivity contribution >= 4 is 34.5 Å². The summed E-state index contributed by atoms with van der Waals surface area (Å²) in [6.07, 6.45) is 7.50. The van der Waals surface area contributed by atoms with Crippen LogP contribution in [0.1, 0.15) is 0 Å². The van der Waals surface area contributed by atoms with Gasteiger partial charge in [-0.05, 0) is 18.5 Å². The van der Waals surface area contributed by atoms with Crippen LogP contribution < -0.4 is 15.2 Å². The molecule has 2 aromatic carbocycles. The van der Waals surface area contributed by atoms with Crippen LogP contribution in [0.25, 0.3) is 5.13 Å². The molecule has 0 amide bonds. The second kappa shape index (κ2) is 6.45. The Morgan fingerprint density at radius 2 is 1.52 bits per heavy atom. The summed E-state index contributed by atoms with van der Waals surface area (Å²) >= 11 is 1.73. The van der Waals surface area contributed by atoms with Crippen molar-refractivity contribution in [3.63, 3.8) is 0 Å². The Bertz CT molecular complexity index is 834. The van der Waals surface area contributed by atoms with E-state index in [0.717, 1.165) is 5.13 Å². The minimum atomic E-state index is -0.579. The van der Waals surface area contributed by atoms with Gasteiger partial charge in [0.1, 0.15) is 6.33 Å². The monoisotopic (exact) mass is 335 g/mol. The minimum absolute atomic E-state index is 0.579. The molecule has 0 spiro atoms. The third-order valence-corrected chi connectivity index (χ3v) is 7.28. The molecule has 5 heteroatoms. The van der Waals surface area contributed by atoms with Gasteiger partial charge in [0.2, 0.25) is 0 Å². The zero-order valence-corrected chi connectivity index (χ0v) is 14.0. The second-order valence-corrected chi connectivity index (χ2v) is 8.45. The Kier molecular flexibility index (Phi) is 4.01. The van der Waals surface area contributed by atoms with Gasteiger partial charge in [-0.15, -0.1) is 0 Å². The lowest BCUT2D eigenvalue weighted by atomic mass is 10.4. The number of thiazole rings is 1. The first kappa shape index (κ1) is 14.3. The molecule has 0 unspecified atom stereocenters. The SMILES string of the molecule is c1ccc(P(c2ccccc2)c2cnc(-n3ccnc3)s2)cc1. The van der Waals surface area contributed by atoms with E-state index in [-0.39, 0.29) is 0 Å². The third-order valence-electron chi connectivity index (χ3n) is 3.46. The van der Waals surface area contributed by atoms with Crippen molar-refractivity contribution in [1.29, 1.82) is 0 Å². The minimum Gasteiger partial charge on any atom is -0.282 e. The van der Waals surface area contributed by atoms with Crippen LogP contribution in [-0.2, 0) is 0 Å². The van der Waals surface area contributed by atoms with E-state index in [4.69, 9.17) is 0 Å². The van der Waals surface area contributed by atoms with E-state index in [9.17, 15) is 0 Å². The molecule has 0 saturated heterocycles. The molecule has 0 aliphatic rings. The molecule has 0 aliphatic heterocycles. The molecule has 0 radical (unpaired) electrons. The van der Waals surface area contributed by atoms with Crippen LogP contribution in [0.4, 0.5) is 0 Å². The molecule has 4 aromatic rings. The highest BCUT2D eigenvalue weighted by Crippen LogP contribution is 2.35. The molecule has 0 saturated carbocycles. The van der Waals surface area contributed by atoms with Crippen molar-refractivity contribution in [2.45, 2.75) is 0 Å². The summed E-state index contributed by atoms with van der Waals surface area (Å²) < 4.78 is 3.25. The first-order valence-corrected chi connectivity index (χ1v) is 9.42. The lowest BCUT2D eigenvalue weighted by molar-refractivity contribution is 1.03. The van der Waals surface area contributed by atoms with Crippen LogP contribution in [0.5, 0.6) is 0 Å². The van der Waals surface area contributed by atoms with E-state index < -0.39 is 7.92 Å². The fourth-order valence-electron chi connectivity index (χ4n) is 2.41. The number of hydrogen-bond acceptors (Lipinski definition) is 3. The molecule has 3 nitrogen and oxygen atoms in total. The summed E-state index contributed by atoms with van der Waals surface area (Å²) in [5, 5.41) is 3.64. The quantitative estimate of drug-likeness (QED) is 0.537. The normalized spacial score (nSPS) is 11.0. The number of nitrogens with zero attached hydrogens (tertiary/aromatic N) is 3. The first-order valence-electron chi connectivity index (χ1n) is 7.26. The zero-order chi connectivity index (χ0) is 15.5. The fourth-order valence-corrected chi connectivity index (χ4v) is 6.18. The van der Waals surface area contributed by atoms with Gasteiger partial charge in [-0.1, -0.05) is 72.0 Å². The van der Waals surface area contributed by atoms with Crippen LogP contribution in [0.2, 0.25) is 0 Å². The summed E-state index contributed by atoms with van der Waals surface area (Å²) in [5.74, 6) is 0. The summed E-state index contributed by atoms with van der Waals surface area (Å²) in [4.78, 5) is 8.69. The maximum Gasteiger partial charge on any atom is 0.195 e. The average Bonchev–Trinajstić information content (AvgIpc) is 3.29. The van der Waals surface area contributed by atoms with Gasteiger partial charge in [-0.25, -0.2) is 9.97 Å². The van der Waals surface area contributed by atoms with E-state index in [1.54, 1.807) is 23.9 Å². The van der Waals surface area contributed by atoms with Crippen molar-refractivity contribution in [2.24, 2.45) is 0 Å². The van der Waals surface area contributed by atoms with Gasteiger partial charge >= 0.3 is 0 Å². The number of aromatic nitrogens is 3. The molecular weight excluding hydrogens is 321 g/mol. The fraction of sp³-hybridized carbons (Fsp3) is 0. The Morgan fingerprint density at radius 1 is 0.870 bits per heavy atom. The topological polar surface area (TPSA) is 30.7 Å². The summed E-state index contributed by atoms with van der Waals surface area (Å²) in [6.45, 7) is 0. The lowest BCUT2D eigenvalue weighted by Gasteiger charge is -2.16. The standard InChI is InChI=1S/C18H14N3PS/c1-3-7-15(8-4-1)22(16-9-5-2-6-10-16)17-13-20-18(23-17)21-12-11-19-14-21/h1-14H. The molecule has 0 N–H and O–H groups in total. The average molecular weight is 335 g/mol. The van der Waals surface area contributed by atoms with Crippen LogP contribution in [-0.4, -0.2) is 14.5 Å². The zero-order valence-electron chi connectivity index (χ0n) is 12.3. The van der Waals surface area contributed by atoms with Gasteiger partial charge in [0, 0.05) is 18.6 Å². The van der Waals surface area contributed by atoms with Gasteiger partial charge in [0.15, 0.2) is 5.13 Å². The molecular formula is C18H14N3PS. The van der Waals surface area contributed by atoms with Gasteiger partial charge in [0.05, 0.1) is 4.62 Å². The highest BCUT2D eigenvalue weighted by Gasteiger charge is 2.19. The van der Waals surface area contributed by atoms with E-state index in [1.165, 1.54) is 15.2 Å². The smallest absolute Gasteiger partial charge is 0.195 e. The summed E-state index contributed by atoms with van der Waals surface area (Å²) in [6, 6.07) is 21.3. The molecule has 112 valence electrons. The van der Waals surface area contributed by atoms with Crippen molar-refractivity contribution in [3.05, 3.63) is 85.6 Å². The molecule has 0 bridgehead atoms. The Labute approximate surface area is 140 Å². The highest BCUT2D eigenvalue weighted by atomic mass is 32.1. The van der Waals surface area contributed by atoms with E-state index in [1.807, 2.05) is 17.0 Å². The van der Waals surface area contributed by atoms with E-state index in [2.05, 4.69) is 70.6 Å². The van der Waals surface area contributed by atoms with Crippen LogP contribution in [0.3, 0.4) is 0 Å². The number of imidazole rings is 1. The Hall–Kier alpha value is -2.29. The van der Waals surface area contributed by atoms with Gasteiger partial charge in [0.25, 0.3) is 0 Å². The molecule has 0 fully saturated rings. The maximum atomic E-state index is 4.59. The van der Waals surface area contributed by atoms with Gasteiger partial charge in [-0.3, -0.25) is 4.57 Å². The maximum absolute atomic E-state index is 4.59. The largest absolute Gasteiger partial charge is 0.282 e. The molecule has 4 rings (SSSR count). The van der Waals surface area contributed by atoms with Crippen molar-refractivity contribution in [3.8, 4) is 5.13 Å². The van der Waals surface area contributed by atoms with E-state index in [0.29, 0.717) is 0 Å². The highest BCUT2D eigenvalue weighted by molar-refractivity contribution is 7.84. The first-order chi connectivity index (χ1) is 11.4. The molecule has 23 heavy (non-hydrogen) atoms. The van der Waals surface area contributed by atoms with Gasteiger partial charge in [-0.2, -0.15) is 0 Å². The molecule has 0 atom stereocenters.